The van der Waals surface area contributed by atoms with Crippen LogP contribution < -0.4 is 5.73 Å². The van der Waals surface area contributed by atoms with Gasteiger partial charge in [-0.2, -0.15) is 0 Å². The van der Waals surface area contributed by atoms with Gasteiger partial charge in [-0.15, -0.1) is 0 Å². The van der Waals surface area contributed by atoms with Gasteiger partial charge in [0.05, 0.1) is 13.2 Å². The van der Waals surface area contributed by atoms with E-state index in [0.717, 1.165) is 31.8 Å². The maximum absolute atomic E-state index is 5.34. The highest BCUT2D eigenvalue weighted by molar-refractivity contribution is 5.36. The maximum Gasteiger partial charge on any atom is 0.0589 e. The predicted octanol–water partition coefficient (Wildman–Crippen LogP) is 1.47. The summed E-state index contributed by atoms with van der Waals surface area (Å²) >= 11 is 0. The highest BCUT2D eigenvalue weighted by atomic mass is 16.5. The molecule has 0 heterocycles. The van der Waals surface area contributed by atoms with Crippen molar-refractivity contribution in [3.05, 3.63) is 35.4 Å². The summed E-state index contributed by atoms with van der Waals surface area (Å²) in [5.74, 6) is 5.88. The van der Waals surface area contributed by atoms with Crippen LogP contribution in [0.3, 0.4) is 0 Å². The van der Waals surface area contributed by atoms with Gasteiger partial charge in [0, 0.05) is 25.8 Å². The summed E-state index contributed by atoms with van der Waals surface area (Å²) in [4.78, 5) is 2.35. The maximum atomic E-state index is 5.34. The summed E-state index contributed by atoms with van der Waals surface area (Å²) in [6.07, 6.45) is 0. The Morgan fingerprint density at radius 2 is 2.00 bits per heavy atom. The molecule has 0 radical (unpaired) electrons. The number of nitrogens with two attached hydrogens (primary N) is 1. The quantitative estimate of drug-likeness (QED) is 0.772. The molecule has 0 spiro atoms. The molecule has 0 aromatic heterocycles. The Morgan fingerprint density at radius 3 is 2.56 bits per heavy atom. The van der Waals surface area contributed by atoms with Crippen LogP contribution in [0.1, 0.15) is 18.1 Å². The third kappa shape index (κ3) is 5.33. The molecule has 0 amide bonds. The molecule has 3 nitrogen and oxygen atoms in total. The molecule has 98 valence electrons. The second-order valence-corrected chi connectivity index (χ2v) is 4.06. The lowest BCUT2D eigenvalue weighted by Gasteiger charge is -2.19. The Balaban J connectivity index is 2.56. The Morgan fingerprint density at radius 1 is 1.28 bits per heavy atom. The van der Waals surface area contributed by atoms with Crippen molar-refractivity contribution in [1.29, 1.82) is 0 Å². The lowest BCUT2D eigenvalue weighted by molar-refractivity contribution is 0.147. The van der Waals surface area contributed by atoms with Crippen LogP contribution in [0.2, 0.25) is 0 Å². The van der Waals surface area contributed by atoms with Gasteiger partial charge in [-0.25, -0.2) is 0 Å². The summed E-state index contributed by atoms with van der Waals surface area (Å²) in [6, 6.07) is 8.33. The van der Waals surface area contributed by atoms with E-state index >= 15 is 0 Å². The van der Waals surface area contributed by atoms with E-state index in [1.165, 1.54) is 5.56 Å². The molecule has 2 N–H and O–H groups in total. The fourth-order valence-electron chi connectivity index (χ4n) is 1.67. The van der Waals surface area contributed by atoms with Crippen LogP contribution in [0.5, 0.6) is 0 Å². The van der Waals surface area contributed by atoms with Gasteiger partial charge in [-0.1, -0.05) is 30.9 Å². The van der Waals surface area contributed by atoms with E-state index in [4.69, 9.17) is 10.5 Å². The first-order chi connectivity index (χ1) is 8.80. The van der Waals surface area contributed by atoms with Gasteiger partial charge >= 0.3 is 0 Å². The number of methoxy groups -OCH3 is 1. The van der Waals surface area contributed by atoms with Crippen molar-refractivity contribution in [2.24, 2.45) is 5.73 Å². The van der Waals surface area contributed by atoms with Gasteiger partial charge in [0.15, 0.2) is 0 Å². The number of hydrogen-bond acceptors (Lipinski definition) is 3. The van der Waals surface area contributed by atoms with Gasteiger partial charge < -0.3 is 10.5 Å². The van der Waals surface area contributed by atoms with E-state index in [2.05, 4.69) is 35.8 Å². The summed E-state index contributed by atoms with van der Waals surface area (Å²) < 4.78 is 5.10. The number of nitrogens with zero attached hydrogens (tertiary/aromatic N) is 1. The van der Waals surface area contributed by atoms with E-state index in [1.54, 1.807) is 7.11 Å². The van der Waals surface area contributed by atoms with Crippen LogP contribution in [0.15, 0.2) is 24.3 Å². The monoisotopic (exact) mass is 246 g/mol. The second-order valence-electron chi connectivity index (χ2n) is 4.06. The average Bonchev–Trinajstić information content (AvgIpc) is 2.42. The van der Waals surface area contributed by atoms with Crippen molar-refractivity contribution in [2.45, 2.75) is 13.5 Å². The zero-order valence-corrected chi connectivity index (χ0v) is 11.3. The fraction of sp³-hybridized carbons (Fsp3) is 0.467. The lowest BCUT2D eigenvalue weighted by Crippen LogP contribution is -2.26. The van der Waals surface area contributed by atoms with Crippen LogP contribution in [0, 0.1) is 11.8 Å². The number of ether oxygens (including phenoxy) is 1. The molecule has 0 unspecified atom stereocenters. The Labute approximate surface area is 110 Å². The molecule has 0 aliphatic rings. The standard InChI is InChI=1S/C15H22N2O/c1-3-17(11-12-18-2)13-15-8-6-14(7-9-15)5-4-10-16/h6-9H,3,10-13,16H2,1-2H3. The molecule has 0 aliphatic carbocycles. The number of benzene rings is 1. The van der Waals surface area contributed by atoms with E-state index < -0.39 is 0 Å². The molecular weight excluding hydrogens is 224 g/mol. The summed E-state index contributed by atoms with van der Waals surface area (Å²) in [5, 5.41) is 0. The van der Waals surface area contributed by atoms with Crippen LogP contribution in [-0.4, -0.2) is 38.3 Å². The van der Waals surface area contributed by atoms with E-state index in [1.807, 2.05) is 12.1 Å². The molecule has 0 bridgehead atoms. The minimum Gasteiger partial charge on any atom is -0.383 e. The minimum absolute atomic E-state index is 0.405. The van der Waals surface area contributed by atoms with Crippen LogP contribution >= 0.6 is 0 Å². The van der Waals surface area contributed by atoms with Crippen molar-refractivity contribution in [3.8, 4) is 11.8 Å². The average molecular weight is 246 g/mol. The van der Waals surface area contributed by atoms with E-state index in [-0.39, 0.29) is 0 Å². The van der Waals surface area contributed by atoms with Crippen molar-refractivity contribution >= 4 is 0 Å². The summed E-state index contributed by atoms with van der Waals surface area (Å²) in [7, 11) is 1.73. The topological polar surface area (TPSA) is 38.5 Å². The van der Waals surface area contributed by atoms with Crippen molar-refractivity contribution in [2.75, 3.05) is 33.4 Å². The molecule has 3 heteroatoms. The molecular formula is C15H22N2O. The van der Waals surface area contributed by atoms with Crippen molar-refractivity contribution < 1.29 is 4.74 Å². The molecule has 0 atom stereocenters. The van der Waals surface area contributed by atoms with Crippen molar-refractivity contribution in [1.82, 2.24) is 4.90 Å². The first-order valence-electron chi connectivity index (χ1n) is 6.29. The summed E-state index contributed by atoms with van der Waals surface area (Å²) in [5.41, 5.74) is 7.66. The van der Waals surface area contributed by atoms with Gasteiger partial charge in [-0.05, 0) is 24.2 Å². The largest absolute Gasteiger partial charge is 0.383 e. The smallest absolute Gasteiger partial charge is 0.0589 e. The molecule has 18 heavy (non-hydrogen) atoms. The molecule has 1 aromatic carbocycles. The molecule has 1 aromatic rings. The number of hydrogen-bond donors (Lipinski definition) is 1. The summed E-state index contributed by atoms with van der Waals surface area (Å²) in [6.45, 7) is 6.28. The number of likely N-dealkylation sites (N-methyl/N-ethyl adjacent to an activating group) is 1. The molecule has 1 rings (SSSR count). The SMILES string of the molecule is CCN(CCOC)Cc1ccc(C#CCN)cc1. The lowest BCUT2D eigenvalue weighted by atomic mass is 10.1. The number of rotatable bonds is 6. The first-order valence-corrected chi connectivity index (χ1v) is 6.29. The zero-order chi connectivity index (χ0) is 13.2. The molecule has 0 fully saturated rings. The highest BCUT2D eigenvalue weighted by Crippen LogP contribution is 2.06. The van der Waals surface area contributed by atoms with Crippen LogP contribution in [0.25, 0.3) is 0 Å². The highest BCUT2D eigenvalue weighted by Gasteiger charge is 2.02. The fourth-order valence-corrected chi connectivity index (χ4v) is 1.67. The zero-order valence-electron chi connectivity index (χ0n) is 11.3. The van der Waals surface area contributed by atoms with E-state index in [0.29, 0.717) is 6.54 Å². The minimum atomic E-state index is 0.405. The Bertz CT molecular complexity index is 389. The van der Waals surface area contributed by atoms with Crippen LogP contribution in [0.4, 0.5) is 0 Å². The van der Waals surface area contributed by atoms with Gasteiger partial charge in [0.1, 0.15) is 0 Å². The normalized spacial score (nSPS) is 10.2. The molecule has 0 saturated heterocycles. The van der Waals surface area contributed by atoms with Gasteiger partial charge in [0.25, 0.3) is 0 Å². The van der Waals surface area contributed by atoms with Gasteiger partial charge in [-0.3, -0.25) is 4.90 Å². The van der Waals surface area contributed by atoms with Gasteiger partial charge in [0.2, 0.25) is 0 Å². The third-order valence-corrected chi connectivity index (χ3v) is 2.75. The second kappa shape index (κ2) is 8.71. The first kappa shape index (κ1) is 14.7. The Hall–Kier alpha value is -1.34. The Kier molecular flexibility index (Phi) is 7.12. The van der Waals surface area contributed by atoms with E-state index in [9.17, 15) is 0 Å². The molecule has 0 saturated carbocycles. The van der Waals surface area contributed by atoms with Crippen LogP contribution in [-0.2, 0) is 11.3 Å². The predicted molar refractivity (Wildman–Crippen MR) is 75.2 cm³/mol. The molecule has 0 aliphatic heterocycles. The van der Waals surface area contributed by atoms with Crippen molar-refractivity contribution in [3.63, 3.8) is 0 Å². The third-order valence-electron chi connectivity index (χ3n) is 2.75.